The lowest BCUT2D eigenvalue weighted by molar-refractivity contribution is -0.136. The molecule has 0 saturated carbocycles. The van der Waals surface area contributed by atoms with E-state index < -0.39 is 5.97 Å². The number of benzene rings is 1. The van der Waals surface area contributed by atoms with Crippen LogP contribution in [0.5, 0.6) is 0 Å². The van der Waals surface area contributed by atoms with Gasteiger partial charge in [-0.05, 0) is 12.0 Å². The van der Waals surface area contributed by atoms with Gasteiger partial charge in [-0.15, -0.1) is 0 Å². The summed E-state index contributed by atoms with van der Waals surface area (Å²) in [6, 6.07) is 9.23. The fourth-order valence-corrected chi connectivity index (χ4v) is 1.98. The van der Waals surface area contributed by atoms with Crippen molar-refractivity contribution in [3.63, 3.8) is 0 Å². The first-order chi connectivity index (χ1) is 10.6. The minimum absolute atomic E-state index is 0.00246. The maximum atomic E-state index is 10.6. The standard InChI is InChI=1S/C15H18N4O3/c16-15-18-12(9-13(19-15)17-7-8-20)11-4-1-10(2-5-11)3-6-14(21)22/h1-2,4-5,9,20H,3,6-8H2,(H,21,22)(H3,16,17,18,19). The molecule has 1 aromatic carbocycles. The highest BCUT2D eigenvalue weighted by Gasteiger charge is 2.06. The number of anilines is 2. The van der Waals surface area contributed by atoms with Gasteiger partial charge in [0.1, 0.15) is 5.82 Å². The third-order valence-electron chi connectivity index (χ3n) is 3.04. The van der Waals surface area contributed by atoms with E-state index in [2.05, 4.69) is 15.3 Å². The van der Waals surface area contributed by atoms with Crippen molar-refractivity contribution in [1.82, 2.24) is 9.97 Å². The van der Waals surface area contributed by atoms with E-state index in [1.54, 1.807) is 6.07 Å². The van der Waals surface area contributed by atoms with Crippen molar-refractivity contribution in [2.45, 2.75) is 12.8 Å². The Bertz CT molecular complexity index is 644. The number of nitrogens with one attached hydrogen (secondary N) is 1. The van der Waals surface area contributed by atoms with Crippen molar-refractivity contribution in [2.24, 2.45) is 0 Å². The SMILES string of the molecule is Nc1nc(NCCO)cc(-c2ccc(CCC(=O)O)cc2)n1. The zero-order chi connectivity index (χ0) is 15.9. The maximum absolute atomic E-state index is 10.6. The number of hydrogen-bond donors (Lipinski definition) is 4. The van der Waals surface area contributed by atoms with Crippen molar-refractivity contribution in [3.05, 3.63) is 35.9 Å². The summed E-state index contributed by atoms with van der Waals surface area (Å²) in [7, 11) is 0. The summed E-state index contributed by atoms with van der Waals surface area (Å²) < 4.78 is 0. The molecule has 0 atom stereocenters. The van der Waals surface area contributed by atoms with Gasteiger partial charge < -0.3 is 21.3 Å². The largest absolute Gasteiger partial charge is 0.481 e. The van der Waals surface area contributed by atoms with Gasteiger partial charge in [0.05, 0.1) is 12.3 Å². The second-order valence-electron chi connectivity index (χ2n) is 4.74. The highest BCUT2D eigenvalue weighted by molar-refractivity contribution is 5.67. The summed E-state index contributed by atoms with van der Waals surface area (Å²) in [6.45, 7) is 0.377. The van der Waals surface area contributed by atoms with Gasteiger partial charge in [0.15, 0.2) is 0 Å². The number of aryl methyl sites for hydroxylation is 1. The van der Waals surface area contributed by atoms with Gasteiger partial charge in [0.2, 0.25) is 5.95 Å². The minimum atomic E-state index is -0.813. The van der Waals surface area contributed by atoms with Gasteiger partial charge >= 0.3 is 5.97 Å². The van der Waals surface area contributed by atoms with Crippen LogP contribution in [0, 0.1) is 0 Å². The van der Waals surface area contributed by atoms with Crippen LogP contribution >= 0.6 is 0 Å². The molecule has 1 aromatic heterocycles. The van der Waals surface area contributed by atoms with Crippen LogP contribution in [0.1, 0.15) is 12.0 Å². The first kappa shape index (κ1) is 15.7. The first-order valence-electron chi connectivity index (χ1n) is 6.89. The molecule has 0 radical (unpaired) electrons. The Kier molecular flexibility index (Phi) is 5.26. The Morgan fingerprint density at radius 3 is 2.59 bits per heavy atom. The fourth-order valence-electron chi connectivity index (χ4n) is 1.98. The Hall–Kier alpha value is -2.67. The Morgan fingerprint density at radius 1 is 1.23 bits per heavy atom. The van der Waals surface area contributed by atoms with Crippen LogP contribution in [-0.4, -0.2) is 39.3 Å². The van der Waals surface area contributed by atoms with Crippen LogP contribution in [0.4, 0.5) is 11.8 Å². The van der Waals surface area contributed by atoms with Crippen molar-refractivity contribution >= 4 is 17.7 Å². The van der Waals surface area contributed by atoms with Gasteiger partial charge in [0.25, 0.3) is 0 Å². The molecule has 1 heterocycles. The number of carboxylic acids is 1. The molecule has 7 heteroatoms. The zero-order valence-corrected chi connectivity index (χ0v) is 12.0. The van der Waals surface area contributed by atoms with E-state index in [1.165, 1.54) is 0 Å². The summed E-state index contributed by atoms with van der Waals surface area (Å²) >= 11 is 0. The van der Waals surface area contributed by atoms with Crippen LogP contribution in [0.15, 0.2) is 30.3 Å². The van der Waals surface area contributed by atoms with Gasteiger partial charge in [-0.2, -0.15) is 4.98 Å². The number of aromatic nitrogens is 2. The highest BCUT2D eigenvalue weighted by atomic mass is 16.4. The molecule has 2 rings (SSSR count). The molecular weight excluding hydrogens is 284 g/mol. The quantitative estimate of drug-likeness (QED) is 0.605. The van der Waals surface area contributed by atoms with Crippen LogP contribution in [0.3, 0.4) is 0 Å². The molecule has 7 nitrogen and oxygen atoms in total. The molecule has 0 aliphatic carbocycles. The fraction of sp³-hybridized carbons (Fsp3) is 0.267. The molecular formula is C15H18N4O3. The number of nitrogens with zero attached hydrogens (tertiary/aromatic N) is 2. The number of aliphatic carboxylic acids is 1. The predicted molar refractivity (Wildman–Crippen MR) is 83.4 cm³/mol. The molecule has 0 spiro atoms. The number of aliphatic hydroxyl groups excluding tert-OH is 1. The molecule has 5 N–H and O–H groups in total. The number of hydrogen-bond acceptors (Lipinski definition) is 6. The smallest absolute Gasteiger partial charge is 0.303 e. The lowest BCUT2D eigenvalue weighted by Gasteiger charge is -2.08. The number of rotatable bonds is 7. The van der Waals surface area contributed by atoms with E-state index in [0.29, 0.717) is 24.5 Å². The van der Waals surface area contributed by atoms with Crippen molar-refractivity contribution in [2.75, 3.05) is 24.2 Å². The number of aliphatic hydroxyl groups is 1. The van der Waals surface area contributed by atoms with E-state index >= 15 is 0 Å². The highest BCUT2D eigenvalue weighted by Crippen LogP contribution is 2.21. The summed E-state index contributed by atoms with van der Waals surface area (Å²) in [5, 5.41) is 20.5. The van der Waals surface area contributed by atoms with Crippen LogP contribution < -0.4 is 11.1 Å². The first-order valence-corrected chi connectivity index (χ1v) is 6.89. The summed E-state index contributed by atoms with van der Waals surface area (Å²) in [5.74, 6) is -0.119. The van der Waals surface area contributed by atoms with E-state index in [9.17, 15) is 4.79 Å². The second-order valence-corrected chi connectivity index (χ2v) is 4.74. The molecule has 22 heavy (non-hydrogen) atoms. The van der Waals surface area contributed by atoms with E-state index in [0.717, 1.165) is 11.1 Å². The third-order valence-corrected chi connectivity index (χ3v) is 3.04. The summed E-state index contributed by atoms with van der Waals surface area (Å²) in [5.41, 5.74) is 8.17. The number of carbonyl (C=O) groups is 1. The molecule has 0 aliphatic rings. The van der Waals surface area contributed by atoms with E-state index in [4.69, 9.17) is 15.9 Å². The molecule has 0 aliphatic heterocycles. The van der Waals surface area contributed by atoms with Gasteiger partial charge in [0, 0.05) is 24.6 Å². The summed E-state index contributed by atoms with van der Waals surface area (Å²) in [4.78, 5) is 18.8. The topological polar surface area (TPSA) is 121 Å². The molecule has 0 saturated heterocycles. The third kappa shape index (κ3) is 4.42. The van der Waals surface area contributed by atoms with Crippen LogP contribution in [-0.2, 0) is 11.2 Å². The van der Waals surface area contributed by atoms with E-state index in [-0.39, 0.29) is 19.0 Å². The van der Waals surface area contributed by atoms with Crippen LogP contribution in [0.25, 0.3) is 11.3 Å². The minimum Gasteiger partial charge on any atom is -0.481 e. The molecule has 0 unspecified atom stereocenters. The van der Waals surface area contributed by atoms with Gasteiger partial charge in [-0.25, -0.2) is 4.98 Å². The Labute approximate surface area is 127 Å². The van der Waals surface area contributed by atoms with Gasteiger partial charge in [-0.3, -0.25) is 4.79 Å². The molecule has 2 aromatic rings. The molecule has 0 bridgehead atoms. The Morgan fingerprint density at radius 2 is 1.95 bits per heavy atom. The average Bonchev–Trinajstić information content (AvgIpc) is 2.51. The maximum Gasteiger partial charge on any atom is 0.303 e. The predicted octanol–water partition coefficient (Wildman–Crippen LogP) is 1.15. The monoisotopic (exact) mass is 302 g/mol. The van der Waals surface area contributed by atoms with Gasteiger partial charge in [-0.1, -0.05) is 24.3 Å². The zero-order valence-electron chi connectivity index (χ0n) is 12.0. The number of carboxylic acid groups (broad SMARTS) is 1. The average molecular weight is 302 g/mol. The lowest BCUT2D eigenvalue weighted by atomic mass is 10.1. The molecule has 0 fully saturated rings. The van der Waals surface area contributed by atoms with E-state index in [1.807, 2.05) is 24.3 Å². The van der Waals surface area contributed by atoms with Crippen molar-refractivity contribution in [3.8, 4) is 11.3 Å². The Balaban J connectivity index is 2.16. The van der Waals surface area contributed by atoms with Crippen molar-refractivity contribution in [1.29, 1.82) is 0 Å². The molecule has 116 valence electrons. The van der Waals surface area contributed by atoms with Crippen LogP contribution in [0.2, 0.25) is 0 Å². The van der Waals surface area contributed by atoms with Crippen molar-refractivity contribution < 1.29 is 15.0 Å². The number of nitrogens with two attached hydrogens (primary N) is 1. The second kappa shape index (κ2) is 7.37. The normalized spacial score (nSPS) is 10.4. The molecule has 0 amide bonds. The number of nitrogen functional groups attached to an aromatic ring is 1. The lowest BCUT2D eigenvalue weighted by Crippen LogP contribution is -2.09. The summed E-state index contributed by atoms with van der Waals surface area (Å²) in [6.07, 6.45) is 0.597.